The lowest BCUT2D eigenvalue weighted by Gasteiger charge is -2.26. The summed E-state index contributed by atoms with van der Waals surface area (Å²) in [5.74, 6) is 2.33. The summed E-state index contributed by atoms with van der Waals surface area (Å²) in [6, 6.07) is 5.74. The minimum absolute atomic E-state index is 0.608. The normalized spacial score (nSPS) is 15.5. The molecule has 0 aliphatic carbocycles. The van der Waals surface area contributed by atoms with E-state index in [0.29, 0.717) is 12.5 Å². The Hall–Kier alpha value is -2.12. The number of aryl methyl sites for hydroxylation is 1. The molecule has 0 spiro atoms. The van der Waals surface area contributed by atoms with Gasteiger partial charge in [-0.2, -0.15) is 4.98 Å². The van der Waals surface area contributed by atoms with E-state index in [-0.39, 0.29) is 0 Å². The van der Waals surface area contributed by atoms with Gasteiger partial charge >= 0.3 is 0 Å². The second kappa shape index (κ2) is 7.94. The molecule has 0 unspecified atom stereocenters. The Morgan fingerprint density at radius 1 is 1.22 bits per heavy atom. The molecule has 2 aromatic rings. The van der Waals surface area contributed by atoms with Crippen molar-refractivity contribution in [3.63, 3.8) is 0 Å². The fraction of sp³-hybridized carbons (Fsp3) is 0.500. The van der Waals surface area contributed by atoms with Crippen LogP contribution in [0.1, 0.15) is 11.5 Å². The van der Waals surface area contributed by atoms with Crippen molar-refractivity contribution in [3.05, 3.63) is 35.9 Å². The predicted octanol–water partition coefficient (Wildman–Crippen LogP) is 1.73. The Morgan fingerprint density at radius 3 is 2.87 bits per heavy atom. The number of furan rings is 1. The first-order valence-corrected chi connectivity index (χ1v) is 7.95. The number of ether oxygens (including phenoxy) is 1. The lowest BCUT2D eigenvalue weighted by atomic mass is 10.4. The van der Waals surface area contributed by atoms with Crippen LogP contribution >= 0.6 is 0 Å². The van der Waals surface area contributed by atoms with Gasteiger partial charge in [0.25, 0.3) is 0 Å². The van der Waals surface area contributed by atoms with E-state index in [0.717, 1.165) is 56.7 Å². The van der Waals surface area contributed by atoms with Crippen molar-refractivity contribution >= 4 is 11.8 Å². The fourth-order valence-electron chi connectivity index (χ4n) is 2.48. The first-order valence-electron chi connectivity index (χ1n) is 7.95. The molecule has 3 heterocycles. The molecule has 23 heavy (non-hydrogen) atoms. The van der Waals surface area contributed by atoms with Crippen LogP contribution in [0.2, 0.25) is 0 Å². The fourth-order valence-corrected chi connectivity index (χ4v) is 2.48. The van der Waals surface area contributed by atoms with E-state index in [1.807, 2.05) is 25.1 Å². The summed E-state index contributed by atoms with van der Waals surface area (Å²) in [7, 11) is 0. The van der Waals surface area contributed by atoms with Crippen LogP contribution in [-0.4, -0.2) is 54.3 Å². The predicted molar refractivity (Wildman–Crippen MR) is 88.6 cm³/mol. The standard InChI is InChI=1S/C16H23N5O2/c1-13-11-15(18-12-14-3-2-8-23-14)20-16(19-13)17-4-5-21-6-9-22-10-7-21/h2-3,8,11H,4-7,9-10,12H2,1H3,(H2,17,18,19,20). The molecule has 0 radical (unpaired) electrons. The van der Waals surface area contributed by atoms with Gasteiger partial charge in [-0.15, -0.1) is 0 Å². The maximum atomic E-state index is 5.35. The maximum Gasteiger partial charge on any atom is 0.224 e. The summed E-state index contributed by atoms with van der Waals surface area (Å²) in [4.78, 5) is 11.3. The molecule has 2 N–H and O–H groups in total. The van der Waals surface area contributed by atoms with E-state index < -0.39 is 0 Å². The van der Waals surface area contributed by atoms with Crippen molar-refractivity contribution in [3.8, 4) is 0 Å². The first kappa shape index (κ1) is 15.8. The molecular weight excluding hydrogens is 294 g/mol. The average molecular weight is 317 g/mol. The largest absolute Gasteiger partial charge is 0.467 e. The van der Waals surface area contributed by atoms with Gasteiger partial charge in [-0.1, -0.05) is 0 Å². The van der Waals surface area contributed by atoms with Gasteiger partial charge in [0.1, 0.15) is 11.6 Å². The summed E-state index contributed by atoms with van der Waals surface area (Å²) in [5.41, 5.74) is 0.927. The second-order valence-electron chi connectivity index (χ2n) is 5.53. The molecule has 1 aliphatic rings. The van der Waals surface area contributed by atoms with Crippen molar-refractivity contribution < 1.29 is 9.15 Å². The lowest BCUT2D eigenvalue weighted by molar-refractivity contribution is 0.0398. The van der Waals surface area contributed by atoms with E-state index in [1.165, 1.54) is 0 Å². The third-order valence-electron chi connectivity index (χ3n) is 3.69. The molecule has 1 fully saturated rings. The quantitative estimate of drug-likeness (QED) is 0.805. The number of anilines is 2. The minimum Gasteiger partial charge on any atom is -0.467 e. The van der Waals surface area contributed by atoms with Crippen molar-refractivity contribution in [1.29, 1.82) is 0 Å². The second-order valence-corrected chi connectivity index (χ2v) is 5.53. The van der Waals surface area contributed by atoms with E-state index in [9.17, 15) is 0 Å². The third kappa shape index (κ3) is 4.94. The number of nitrogens with zero attached hydrogens (tertiary/aromatic N) is 3. The molecule has 1 aliphatic heterocycles. The van der Waals surface area contributed by atoms with E-state index in [4.69, 9.17) is 9.15 Å². The summed E-state index contributed by atoms with van der Waals surface area (Å²) >= 11 is 0. The van der Waals surface area contributed by atoms with E-state index >= 15 is 0 Å². The Labute approximate surface area is 136 Å². The molecular formula is C16H23N5O2. The van der Waals surface area contributed by atoms with Gasteiger partial charge in [-0.05, 0) is 19.1 Å². The molecule has 7 heteroatoms. The summed E-state index contributed by atoms with van der Waals surface area (Å²) in [6.07, 6.45) is 1.67. The van der Waals surface area contributed by atoms with Crippen LogP contribution in [-0.2, 0) is 11.3 Å². The zero-order valence-electron chi connectivity index (χ0n) is 13.4. The number of hydrogen-bond acceptors (Lipinski definition) is 7. The summed E-state index contributed by atoms with van der Waals surface area (Å²) in [6.45, 7) is 7.99. The van der Waals surface area contributed by atoms with Gasteiger partial charge in [0.05, 0.1) is 26.0 Å². The minimum atomic E-state index is 0.608. The van der Waals surface area contributed by atoms with Gasteiger partial charge in [0, 0.05) is 37.9 Å². The van der Waals surface area contributed by atoms with Gasteiger partial charge in [0.15, 0.2) is 0 Å². The molecule has 3 rings (SSSR count). The molecule has 124 valence electrons. The zero-order chi connectivity index (χ0) is 15.9. The van der Waals surface area contributed by atoms with Crippen molar-refractivity contribution in [2.24, 2.45) is 0 Å². The van der Waals surface area contributed by atoms with Gasteiger partial charge in [-0.25, -0.2) is 4.98 Å². The van der Waals surface area contributed by atoms with E-state index in [1.54, 1.807) is 6.26 Å². The van der Waals surface area contributed by atoms with Crippen LogP contribution in [0.5, 0.6) is 0 Å². The van der Waals surface area contributed by atoms with Crippen molar-refractivity contribution in [2.75, 3.05) is 50.0 Å². The molecule has 0 atom stereocenters. The maximum absolute atomic E-state index is 5.35. The van der Waals surface area contributed by atoms with Crippen LogP contribution in [0, 0.1) is 6.92 Å². The molecule has 0 saturated carbocycles. The van der Waals surface area contributed by atoms with Gasteiger partial charge in [-0.3, -0.25) is 4.90 Å². The first-order chi connectivity index (χ1) is 11.3. The van der Waals surface area contributed by atoms with Crippen LogP contribution < -0.4 is 10.6 Å². The smallest absolute Gasteiger partial charge is 0.224 e. The van der Waals surface area contributed by atoms with Crippen LogP contribution in [0.3, 0.4) is 0 Å². The number of hydrogen-bond donors (Lipinski definition) is 2. The summed E-state index contributed by atoms with van der Waals surface area (Å²) in [5, 5.41) is 6.55. The van der Waals surface area contributed by atoms with E-state index in [2.05, 4.69) is 25.5 Å². The Bertz CT molecular complexity index is 597. The highest BCUT2D eigenvalue weighted by Crippen LogP contribution is 2.11. The highest BCUT2D eigenvalue weighted by atomic mass is 16.5. The number of aromatic nitrogens is 2. The van der Waals surface area contributed by atoms with Gasteiger partial charge < -0.3 is 19.8 Å². The molecule has 0 aromatic carbocycles. The molecule has 0 amide bonds. The number of nitrogens with one attached hydrogen (secondary N) is 2. The highest BCUT2D eigenvalue weighted by Gasteiger charge is 2.10. The Kier molecular flexibility index (Phi) is 5.44. The Balaban J connectivity index is 1.50. The molecule has 7 nitrogen and oxygen atoms in total. The summed E-state index contributed by atoms with van der Waals surface area (Å²) < 4.78 is 10.7. The van der Waals surface area contributed by atoms with Crippen LogP contribution in [0.25, 0.3) is 0 Å². The number of morpholine rings is 1. The van der Waals surface area contributed by atoms with Crippen molar-refractivity contribution in [2.45, 2.75) is 13.5 Å². The van der Waals surface area contributed by atoms with Crippen LogP contribution in [0.4, 0.5) is 11.8 Å². The van der Waals surface area contributed by atoms with Crippen molar-refractivity contribution in [1.82, 2.24) is 14.9 Å². The van der Waals surface area contributed by atoms with Crippen LogP contribution in [0.15, 0.2) is 28.9 Å². The average Bonchev–Trinajstić information content (AvgIpc) is 3.07. The third-order valence-corrected chi connectivity index (χ3v) is 3.69. The topological polar surface area (TPSA) is 75.5 Å². The zero-order valence-corrected chi connectivity index (χ0v) is 13.4. The number of rotatable bonds is 7. The lowest BCUT2D eigenvalue weighted by Crippen LogP contribution is -2.39. The van der Waals surface area contributed by atoms with Gasteiger partial charge in [0.2, 0.25) is 5.95 Å². The molecule has 2 aromatic heterocycles. The Morgan fingerprint density at radius 2 is 2.09 bits per heavy atom. The highest BCUT2D eigenvalue weighted by molar-refractivity contribution is 5.42. The SMILES string of the molecule is Cc1cc(NCc2ccco2)nc(NCCN2CCOCC2)n1. The molecule has 1 saturated heterocycles. The monoisotopic (exact) mass is 317 g/mol. The molecule has 0 bridgehead atoms.